The Kier molecular flexibility index (Phi) is 3.25. The van der Waals surface area contributed by atoms with Gasteiger partial charge >= 0.3 is 0 Å². The first-order chi connectivity index (χ1) is 7.24. The molecule has 1 aliphatic heterocycles. The van der Waals surface area contributed by atoms with Crippen LogP contribution in [0.4, 0.5) is 0 Å². The number of nitrogens with one attached hydrogen (secondary N) is 1. The van der Waals surface area contributed by atoms with Crippen molar-refractivity contribution in [2.75, 3.05) is 4.43 Å². The molecule has 0 fully saturated rings. The molecule has 0 spiro atoms. The summed E-state index contributed by atoms with van der Waals surface area (Å²) in [4.78, 5) is 14.4. The molecule has 1 aromatic rings. The van der Waals surface area contributed by atoms with Gasteiger partial charge in [-0.2, -0.15) is 0 Å². The summed E-state index contributed by atoms with van der Waals surface area (Å²) < 4.78 is 6.58. The van der Waals surface area contributed by atoms with E-state index in [-0.39, 0.29) is 11.7 Å². The lowest BCUT2D eigenvalue weighted by Crippen LogP contribution is -2.27. The summed E-state index contributed by atoms with van der Waals surface area (Å²) in [5.41, 5.74) is 2.65. The van der Waals surface area contributed by atoms with Crippen LogP contribution in [0.15, 0.2) is 17.4 Å². The van der Waals surface area contributed by atoms with Gasteiger partial charge in [-0.05, 0) is 11.6 Å². The second kappa shape index (κ2) is 4.49. The van der Waals surface area contributed by atoms with E-state index in [1.54, 1.807) is 6.08 Å². The van der Waals surface area contributed by atoms with Crippen LogP contribution in [0.3, 0.4) is 0 Å². The third-order valence-electron chi connectivity index (χ3n) is 2.54. The molecule has 4 heteroatoms. The number of aromatic amines is 1. The minimum absolute atomic E-state index is 0.0575. The summed E-state index contributed by atoms with van der Waals surface area (Å²) in [5, 5.41) is 0. The molecule has 0 amide bonds. The van der Waals surface area contributed by atoms with Gasteiger partial charge < -0.3 is 9.72 Å². The molecule has 1 unspecified atom stereocenters. The number of H-pyrrole nitrogens is 1. The number of rotatable bonds is 2. The van der Waals surface area contributed by atoms with Crippen molar-refractivity contribution in [2.24, 2.45) is 0 Å². The van der Waals surface area contributed by atoms with Crippen molar-refractivity contribution in [2.45, 2.75) is 19.1 Å². The summed E-state index contributed by atoms with van der Waals surface area (Å²) in [6.07, 6.45) is 2.59. The fraction of sp³-hybridized carbons (Fsp3) is 0.364. The van der Waals surface area contributed by atoms with Crippen LogP contribution < -0.4 is 5.56 Å². The van der Waals surface area contributed by atoms with E-state index in [9.17, 15) is 4.79 Å². The van der Waals surface area contributed by atoms with Crippen molar-refractivity contribution < 1.29 is 4.74 Å². The van der Waals surface area contributed by atoms with Gasteiger partial charge in [0.05, 0.1) is 12.7 Å². The molecule has 1 aromatic heterocycles. The van der Waals surface area contributed by atoms with E-state index in [2.05, 4.69) is 34.2 Å². The minimum atomic E-state index is -0.0575. The zero-order valence-corrected chi connectivity index (χ0v) is 10.4. The fourth-order valence-corrected chi connectivity index (χ4v) is 2.25. The fourth-order valence-electron chi connectivity index (χ4n) is 1.69. The van der Waals surface area contributed by atoms with Crippen molar-refractivity contribution >= 4 is 28.7 Å². The summed E-state index contributed by atoms with van der Waals surface area (Å²) >= 11 is 2.30. The number of hydrogen-bond donors (Lipinski definition) is 1. The van der Waals surface area contributed by atoms with Crippen LogP contribution in [0.25, 0.3) is 6.08 Å². The van der Waals surface area contributed by atoms with Gasteiger partial charge in [0.25, 0.3) is 5.56 Å². The summed E-state index contributed by atoms with van der Waals surface area (Å²) in [7, 11) is 0. The molecule has 0 saturated heterocycles. The SMILES string of the molecule is C=Cc1cc2c([nH]c1=O)CC(CI)OC2. The first-order valence-electron chi connectivity index (χ1n) is 4.79. The second-order valence-corrected chi connectivity index (χ2v) is 4.43. The third-order valence-corrected chi connectivity index (χ3v) is 3.52. The zero-order chi connectivity index (χ0) is 10.8. The van der Waals surface area contributed by atoms with Crippen LogP contribution in [0.5, 0.6) is 0 Å². The molecule has 1 aliphatic rings. The maximum Gasteiger partial charge on any atom is 0.255 e. The molecule has 0 bridgehead atoms. The van der Waals surface area contributed by atoms with Crippen molar-refractivity contribution in [3.63, 3.8) is 0 Å². The quantitative estimate of drug-likeness (QED) is 0.669. The maximum absolute atomic E-state index is 11.5. The smallest absolute Gasteiger partial charge is 0.255 e. The Morgan fingerprint density at radius 1 is 1.73 bits per heavy atom. The van der Waals surface area contributed by atoms with E-state index < -0.39 is 0 Å². The van der Waals surface area contributed by atoms with E-state index in [4.69, 9.17) is 4.74 Å². The van der Waals surface area contributed by atoms with Crippen LogP contribution in [0.1, 0.15) is 16.8 Å². The predicted molar refractivity (Wildman–Crippen MR) is 68.3 cm³/mol. The first-order valence-corrected chi connectivity index (χ1v) is 6.32. The van der Waals surface area contributed by atoms with Gasteiger partial charge in [-0.15, -0.1) is 0 Å². The first kappa shape index (κ1) is 10.9. The molecule has 0 aromatic carbocycles. The molecule has 3 nitrogen and oxygen atoms in total. The standard InChI is InChI=1S/C11H12INO2/c1-2-7-3-8-6-15-9(5-12)4-10(8)13-11(7)14/h2-3,9H,1,4-6H2,(H,13,14). The highest BCUT2D eigenvalue weighted by Crippen LogP contribution is 2.19. The van der Waals surface area contributed by atoms with Crippen molar-refractivity contribution in [1.82, 2.24) is 4.98 Å². The van der Waals surface area contributed by atoms with E-state index in [0.29, 0.717) is 12.2 Å². The van der Waals surface area contributed by atoms with Gasteiger partial charge in [0.2, 0.25) is 0 Å². The Labute approximate surface area is 102 Å². The molecule has 1 atom stereocenters. The Bertz CT molecular complexity index is 439. The predicted octanol–water partition coefficient (Wildman–Crippen LogP) is 1.89. The molecule has 0 radical (unpaired) electrons. The Morgan fingerprint density at radius 3 is 3.20 bits per heavy atom. The Hall–Kier alpha value is -0.620. The molecule has 2 heterocycles. The highest BCUT2D eigenvalue weighted by atomic mass is 127. The van der Waals surface area contributed by atoms with Crippen molar-refractivity contribution in [1.29, 1.82) is 0 Å². The summed E-state index contributed by atoms with van der Waals surface area (Å²) in [5.74, 6) is 0. The molecule has 0 saturated carbocycles. The van der Waals surface area contributed by atoms with Gasteiger partial charge in [0, 0.05) is 22.1 Å². The molecule has 1 N–H and O–H groups in total. The molecule has 0 aliphatic carbocycles. The van der Waals surface area contributed by atoms with Crippen LogP contribution >= 0.6 is 22.6 Å². The number of ether oxygens (including phenoxy) is 1. The maximum atomic E-state index is 11.5. The normalized spacial score (nSPS) is 19.7. The molecule has 15 heavy (non-hydrogen) atoms. The lowest BCUT2D eigenvalue weighted by Gasteiger charge is -2.23. The topological polar surface area (TPSA) is 42.1 Å². The number of aromatic nitrogens is 1. The van der Waals surface area contributed by atoms with Crippen molar-refractivity contribution in [3.8, 4) is 0 Å². The van der Waals surface area contributed by atoms with Crippen LogP contribution in [0.2, 0.25) is 0 Å². The van der Waals surface area contributed by atoms with Crippen molar-refractivity contribution in [3.05, 3.63) is 39.8 Å². The average molecular weight is 317 g/mol. The van der Waals surface area contributed by atoms with Gasteiger partial charge in [-0.1, -0.05) is 35.2 Å². The van der Waals surface area contributed by atoms with E-state index in [1.165, 1.54) is 0 Å². The second-order valence-electron chi connectivity index (χ2n) is 3.55. The van der Waals surface area contributed by atoms with Crippen LogP contribution in [-0.4, -0.2) is 15.5 Å². The lowest BCUT2D eigenvalue weighted by molar-refractivity contribution is 0.0445. The monoisotopic (exact) mass is 317 g/mol. The van der Waals surface area contributed by atoms with Crippen LogP contribution in [-0.2, 0) is 17.8 Å². The average Bonchev–Trinajstić information content (AvgIpc) is 2.27. The lowest BCUT2D eigenvalue weighted by atomic mass is 10.0. The summed E-state index contributed by atoms with van der Waals surface area (Å²) in [6, 6.07) is 1.87. The number of alkyl halides is 1. The van der Waals surface area contributed by atoms with Gasteiger partial charge in [0.1, 0.15) is 0 Å². The Morgan fingerprint density at radius 2 is 2.53 bits per heavy atom. The molecule has 80 valence electrons. The molecule has 2 rings (SSSR count). The molecular weight excluding hydrogens is 305 g/mol. The Balaban J connectivity index is 2.41. The minimum Gasteiger partial charge on any atom is -0.372 e. The number of fused-ring (bicyclic) bond motifs is 1. The largest absolute Gasteiger partial charge is 0.372 e. The third kappa shape index (κ3) is 2.15. The van der Waals surface area contributed by atoms with Gasteiger partial charge in [-0.3, -0.25) is 4.79 Å². The van der Waals surface area contributed by atoms with E-state index in [0.717, 1.165) is 22.1 Å². The van der Waals surface area contributed by atoms with Gasteiger partial charge in [-0.25, -0.2) is 0 Å². The number of hydrogen-bond acceptors (Lipinski definition) is 2. The zero-order valence-electron chi connectivity index (χ0n) is 8.25. The highest BCUT2D eigenvalue weighted by Gasteiger charge is 2.19. The molecular formula is C11H12INO2. The van der Waals surface area contributed by atoms with Crippen LogP contribution in [0, 0.1) is 0 Å². The number of halogens is 1. The number of pyridine rings is 1. The highest BCUT2D eigenvalue weighted by molar-refractivity contribution is 14.1. The summed E-state index contributed by atoms with van der Waals surface area (Å²) in [6.45, 7) is 4.19. The van der Waals surface area contributed by atoms with Gasteiger partial charge in [0.15, 0.2) is 0 Å². The van der Waals surface area contributed by atoms with E-state index >= 15 is 0 Å². The van der Waals surface area contributed by atoms with E-state index in [1.807, 2.05) is 6.07 Å².